The summed E-state index contributed by atoms with van der Waals surface area (Å²) < 4.78 is 0. The van der Waals surface area contributed by atoms with E-state index in [1.165, 1.54) is 19.3 Å². The van der Waals surface area contributed by atoms with Crippen molar-refractivity contribution in [2.45, 2.75) is 45.6 Å². The highest BCUT2D eigenvalue weighted by Gasteiger charge is 2.51. The van der Waals surface area contributed by atoms with E-state index in [9.17, 15) is 4.79 Å². The lowest BCUT2D eigenvalue weighted by Crippen LogP contribution is -2.61. The van der Waals surface area contributed by atoms with Gasteiger partial charge in [0.05, 0.1) is 0 Å². The second-order valence-electron chi connectivity index (χ2n) is 5.84. The standard InChI is InChI=1S/C13H24N2O/c1-13(2)10(9-11(13)14-3)12(16)15-7-5-4-6-8-15/h10-11,14H,4-9H2,1-3H3/t10-,11-/m1/s1. The molecule has 2 rings (SSSR count). The van der Waals surface area contributed by atoms with Gasteiger partial charge in [0.15, 0.2) is 0 Å². The van der Waals surface area contributed by atoms with E-state index < -0.39 is 0 Å². The predicted octanol–water partition coefficient (Wildman–Crippen LogP) is 1.63. The average Bonchev–Trinajstić information content (AvgIpc) is 2.29. The van der Waals surface area contributed by atoms with E-state index in [-0.39, 0.29) is 11.3 Å². The van der Waals surface area contributed by atoms with Crippen molar-refractivity contribution in [3.8, 4) is 0 Å². The van der Waals surface area contributed by atoms with Gasteiger partial charge in [-0.3, -0.25) is 4.79 Å². The van der Waals surface area contributed by atoms with Crippen molar-refractivity contribution in [3.05, 3.63) is 0 Å². The maximum Gasteiger partial charge on any atom is 0.226 e. The molecule has 1 aliphatic carbocycles. The number of rotatable bonds is 2. The Labute approximate surface area is 98.6 Å². The van der Waals surface area contributed by atoms with Crippen LogP contribution in [0.3, 0.4) is 0 Å². The van der Waals surface area contributed by atoms with Crippen LogP contribution < -0.4 is 5.32 Å². The van der Waals surface area contributed by atoms with Crippen LogP contribution in [0.2, 0.25) is 0 Å². The third-order valence-corrected chi connectivity index (χ3v) is 4.58. The van der Waals surface area contributed by atoms with E-state index in [1.807, 2.05) is 7.05 Å². The van der Waals surface area contributed by atoms with E-state index in [1.54, 1.807) is 0 Å². The highest BCUT2D eigenvalue weighted by atomic mass is 16.2. The third-order valence-electron chi connectivity index (χ3n) is 4.58. The van der Waals surface area contributed by atoms with Gasteiger partial charge in [0.25, 0.3) is 0 Å². The Morgan fingerprint density at radius 3 is 2.38 bits per heavy atom. The first-order valence-electron chi connectivity index (χ1n) is 6.53. The van der Waals surface area contributed by atoms with Crippen LogP contribution in [0.1, 0.15) is 39.5 Å². The molecule has 0 bridgehead atoms. The monoisotopic (exact) mass is 224 g/mol. The fourth-order valence-electron chi connectivity index (χ4n) is 3.17. The minimum absolute atomic E-state index is 0.128. The molecule has 2 atom stereocenters. The summed E-state index contributed by atoms with van der Waals surface area (Å²) in [5.74, 6) is 0.638. The van der Waals surface area contributed by atoms with Crippen molar-refractivity contribution in [1.29, 1.82) is 0 Å². The maximum atomic E-state index is 12.4. The summed E-state index contributed by atoms with van der Waals surface area (Å²) in [6, 6.07) is 0.506. The third kappa shape index (κ3) is 1.86. The van der Waals surface area contributed by atoms with Gasteiger partial charge in [0, 0.05) is 25.0 Å². The molecule has 2 aliphatic rings. The normalized spacial score (nSPS) is 33.3. The van der Waals surface area contributed by atoms with E-state index >= 15 is 0 Å². The first kappa shape index (κ1) is 11.9. The van der Waals surface area contributed by atoms with Crippen LogP contribution in [-0.2, 0) is 4.79 Å². The van der Waals surface area contributed by atoms with Gasteiger partial charge in [0.2, 0.25) is 5.91 Å². The fourth-order valence-corrected chi connectivity index (χ4v) is 3.17. The predicted molar refractivity (Wildman–Crippen MR) is 65.2 cm³/mol. The van der Waals surface area contributed by atoms with Crippen molar-refractivity contribution in [3.63, 3.8) is 0 Å². The van der Waals surface area contributed by atoms with Crippen molar-refractivity contribution in [2.75, 3.05) is 20.1 Å². The summed E-state index contributed by atoms with van der Waals surface area (Å²) in [5.41, 5.74) is 0.128. The number of amides is 1. The molecule has 1 saturated heterocycles. The molecular formula is C13H24N2O. The quantitative estimate of drug-likeness (QED) is 0.773. The molecule has 1 aliphatic heterocycles. The number of carbonyl (C=O) groups excluding carboxylic acids is 1. The molecule has 0 spiro atoms. The van der Waals surface area contributed by atoms with Crippen LogP contribution in [0.25, 0.3) is 0 Å². The highest BCUT2D eigenvalue weighted by molar-refractivity contribution is 5.81. The van der Waals surface area contributed by atoms with Crippen LogP contribution in [0, 0.1) is 11.3 Å². The molecule has 1 N–H and O–H groups in total. The molecular weight excluding hydrogens is 200 g/mol. The Balaban J connectivity index is 1.96. The molecule has 0 unspecified atom stereocenters. The number of carbonyl (C=O) groups is 1. The van der Waals surface area contributed by atoms with E-state index in [0.29, 0.717) is 11.9 Å². The zero-order valence-corrected chi connectivity index (χ0v) is 10.8. The Morgan fingerprint density at radius 1 is 1.25 bits per heavy atom. The first-order valence-corrected chi connectivity index (χ1v) is 6.53. The maximum absolute atomic E-state index is 12.4. The molecule has 3 heteroatoms. The summed E-state index contributed by atoms with van der Waals surface area (Å²) in [6.07, 6.45) is 4.68. The number of nitrogens with one attached hydrogen (secondary N) is 1. The fraction of sp³-hybridized carbons (Fsp3) is 0.923. The minimum Gasteiger partial charge on any atom is -0.342 e. The SMILES string of the molecule is CN[C@@H]1C[C@H](C(=O)N2CCCCC2)C1(C)C. The largest absolute Gasteiger partial charge is 0.342 e. The molecule has 1 heterocycles. The molecule has 92 valence electrons. The summed E-state index contributed by atoms with van der Waals surface area (Å²) >= 11 is 0. The van der Waals surface area contributed by atoms with Crippen LogP contribution in [0.4, 0.5) is 0 Å². The van der Waals surface area contributed by atoms with Crippen LogP contribution in [0.5, 0.6) is 0 Å². The zero-order valence-electron chi connectivity index (χ0n) is 10.8. The Morgan fingerprint density at radius 2 is 1.88 bits per heavy atom. The van der Waals surface area contributed by atoms with Gasteiger partial charge in [-0.25, -0.2) is 0 Å². The second-order valence-corrected chi connectivity index (χ2v) is 5.84. The molecule has 1 saturated carbocycles. The lowest BCUT2D eigenvalue weighted by molar-refractivity contribution is -0.149. The molecule has 0 radical (unpaired) electrons. The van der Waals surface area contributed by atoms with Crippen LogP contribution in [-0.4, -0.2) is 37.0 Å². The average molecular weight is 224 g/mol. The number of likely N-dealkylation sites (tertiary alicyclic amines) is 1. The van der Waals surface area contributed by atoms with Gasteiger partial charge in [-0.1, -0.05) is 13.8 Å². The van der Waals surface area contributed by atoms with E-state index in [2.05, 4.69) is 24.1 Å². The smallest absolute Gasteiger partial charge is 0.226 e. The van der Waals surface area contributed by atoms with Gasteiger partial charge in [0.1, 0.15) is 0 Å². The van der Waals surface area contributed by atoms with Gasteiger partial charge >= 0.3 is 0 Å². The molecule has 0 aromatic rings. The van der Waals surface area contributed by atoms with Crippen molar-refractivity contribution in [1.82, 2.24) is 10.2 Å². The molecule has 1 amide bonds. The lowest BCUT2D eigenvalue weighted by Gasteiger charge is -2.52. The zero-order chi connectivity index (χ0) is 11.8. The molecule has 2 fully saturated rings. The summed E-state index contributed by atoms with van der Waals surface area (Å²) in [6.45, 7) is 6.39. The van der Waals surface area contributed by atoms with Gasteiger partial charge in [-0.05, 0) is 38.1 Å². The minimum atomic E-state index is 0.128. The Bertz CT molecular complexity index is 269. The molecule has 0 aromatic carbocycles. The van der Waals surface area contributed by atoms with Crippen molar-refractivity contribution < 1.29 is 4.79 Å². The molecule has 16 heavy (non-hydrogen) atoms. The van der Waals surface area contributed by atoms with E-state index in [0.717, 1.165) is 19.5 Å². The van der Waals surface area contributed by atoms with Crippen molar-refractivity contribution >= 4 is 5.91 Å². The van der Waals surface area contributed by atoms with Crippen LogP contribution in [0.15, 0.2) is 0 Å². The number of piperidine rings is 1. The van der Waals surface area contributed by atoms with Crippen molar-refractivity contribution in [2.24, 2.45) is 11.3 Å². The number of hydrogen-bond donors (Lipinski definition) is 1. The number of hydrogen-bond acceptors (Lipinski definition) is 2. The van der Waals surface area contributed by atoms with Gasteiger partial charge in [-0.2, -0.15) is 0 Å². The second kappa shape index (κ2) is 4.36. The Kier molecular flexibility index (Phi) is 3.24. The van der Waals surface area contributed by atoms with Gasteiger partial charge < -0.3 is 10.2 Å². The van der Waals surface area contributed by atoms with E-state index in [4.69, 9.17) is 0 Å². The topological polar surface area (TPSA) is 32.3 Å². The van der Waals surface area contributed by atoms with Gasteiger partial charge in [-0.15, -0.1) is 0 Å². The lowest BCUT2D eigenvalue weighted by atomic mass is 9.58. The molecule has 3 nitrogen and oxygen atoms in total. The van der Waals surface area contributed by atoms with Crippen LogP contribution >= 0.6 is 0 Å². The number of nitrogens with zero attached hydrogens (tertiary/aromatic N) is 1. The first-order chi connectivity index (χ1) is 7.57. The summed E-state index contributed by atoms with van der Waals surface area (Å²) in [5, 5.41) is 3.31. The Hall–Kier alpha value is -0.570. The summed E-state index contributed by atoms with van der Waals surface area (Å²) in [4.78, 5) is 14.4. The molecule has 0 aromatic heterocycles. The summed E-state index contributed by atoms with van der Waals surface area (Å²) in [7, 11) is 1.99. The highest BCUT2D eigenvalue weighted by Crippen LogP contribution is 2.47.